The fourth-order valence-electron chi connectivity index (χ4n) is 2.97. The number of methoxy groups -OCH3 is 2. The summed E-state index contributed by atoms with van der Waals surface area (Å²) in [6, 6.07) is 18.2. The van der Waals surface area contributed by atoms with Gasteiger partial charge in [-0.15, -0.1) is 0 Å². The Morgan fingerprint density at radius 2 is 1.71 bits per heavy atom. The van der Waals surface area contributed by atoms with Crippen LogP contribution in [0, 0.1) is 21.4 Å². The van der Waals surface area contributed by atoms with Crippen LogP contribution in [0.15, 0.2) is 72.3 Å². The number of esters is 1. The van der Waals surface area contributed by atoms with Crippen LogP contribution >= 0.6 is 0 Å². The van der Waals surface area contributed by atoms with Crippen molar-refractivity contribution in [3.05, 3.63) is 93.5 Å². The molecule has 10 heteroatoms. The molecule has 0 aliphatic rings. The van der Waals surface area contributed by atoms with Crippen molar-refractivity contribution in [3.63, 3.8) is 0 Å². The number of hydrogen-bond donors (Lipinski definition) is 1. The highest BCUT2D eigenvalue weighted by Gasteiger charge is 2.17. The van der Waals surface area contributed by atoms with Gasteiger partial charge < -0.3 is 19.5 Å². The van der Waals surface area contributed by atoms with Crippen molar-refractivity contribution in [3.8, 4) is 23.3 Å². The van der Waals surface area contributed by atoms with Crippen LogP contribution in [-0.4, -0.2) is 31.0 Å². The van der Waals surface area contributed by atoms with Crippen molar-refractivity contribution >= 4 is 29.3 Å². The molecule has 0 aliphatic heterocycles. The first-order valence-corrected chi connectivity index (χ1v) is 10.1. The normalized spacial score (nSPS) is 10.6. The topological polar surface area (TPSA) is 141 Å². The number of carbonyl (C=O) groups is 2. The van der Waals surface area contributed by atoms with E-state index in [1.165, 1.54) is 38.5 Å². The van der Waals surface area contributed by atoms with Gasteiger partial charge >= 0.3 is 5.97 Å². The molecule has 3 aromatic rings. The van der Waals surface area contributed by atoms with Gasteiger partial charge in [-0.1, -0.05) is 18.2 Å². The summed E-state index contributed by atoms with van der Waals surface area (Å²) < 4.78 is 15.6. The average molecular weight is 473 g/mol. The van der Waals surface area contributed by atoms with Crippen molar-refractivity contribution < 1.29 is 28.7 Å². The number of non-ortho nitro benzene ring substituents is 1. The van der Waals surface area contributed by atoms with E-state index in [0.29, 0.717) is 11.3 Å². The lowest BCUT2D eigenvalue weighted by atomic mass is 10.1. The lowest BCUT2D eigenvalue weighted by Crippen LogP contribution is -2.14. The SMILES string of the molecule is COc1ccc(C(=O)Oc2ccccc2/C=C(\C#N)C(=O)Nc2ccc([N+](=O)[O-])cc2OC)cc1. The van der Waals surface area contributed by atoms with Crippen molar-refractivity contribution in [1.82, 2.24) is 0 Å². The van der Waals surface area contributed by atoms with Gasteiger partial charge in [0.2, 0.25) is 0 Å². The van der Waals surface area contributed by atoms with E-state index in [0.717, 1.165) is 6.07 Å². The van der Waals surface area contributed by atoms with Gasteiger partial charge in [0, 0.05) is 11.6 Å². The number of benzene rings is 3. The summed E-state index contributed by atoms with van der Waals surface area (Å²) in [7, 11) is 2.81. The van der Waals surface area contributed by atoms with E-state index in [9.17, 15) is 25.0 Å². The van der Waals surface area contributed by atoms with Crippen LogP contribution in [0.25, 0.3) is 6.08 Å². The molecule has 35 heavy (non-hydrogen) atoms. The number of para-hydroxylation sites is 1. The molecule has 1 amide bonds. The number of ether oxygens (including phenoxy) is 3. The zero-order valence-corrected chi connectivity index (χ0v) is 18.7. The second-order valence-electron chi connectivity index (χ2n) is 6.92. The zero-order valence-electron chi connectivity index (χ0n) is 18.7. The first kappa shape index (κ1) is 24.5. The second-order valence-corrected chi connectivity index (χ2v) is 6.92. The van der Waals surface area contributed by atoms with Crippen LogP contribution in [0.3, 0.4) is 0 Å². The number of nitro benzene ring substituents is 1. The fraction of sp³-hybridized carbons (Fsp3) is 0.0800. The molecule has 3 aromatic carbocycles. The lowest BCUT2D eigenvalue weighted by Gasteiger charge is -2.10. The van der Waals surface area contributed by atoms with E-state index < -0.39 is 16.8 Å². The van der Waals surface area contributed by atoms with Crippen LogP contribution in [0.2, 0.25) is 0 Å². The van der Waals surface area contributed by atoms with Crippen LogP contribution in [0.5, 0.6) is 17.2 Å². The maximum absolute atomic E-state index is 12.7. The number of nitrogens with one attached hydrogen (secondary N) is 1. The minimum Gasteiger partial charge on any atom is -0.497 e. The van der Waals surface area contributed by atoms with E-state index in [2.05, 4.69) is 5.32 Å². The fourth-order valence-corrected chi connectivity index (χ4v) is 2.97. The molecule has 176 valence electrons. The summed E-state index contributed by atoms with van der Waals surface area (Å²) in [6.45, 7) is 0. The van der Waals surface area contributed by atoms with Crippen LogP contribution in [0.1, 0.15) is 15.9 Å². The summed E-state index contributed by atoms with van der Waals surface area (Å²) >= 11 is 0. The quantitative estimate of drug-likeness (QED) is 0.127. The van der Waals surface area contributed by atoms with Gasteiger partial charge in [-0.25, -0.2) is 4.79 Å². The molecule has 0 atom stereocenters. The Hall–Kier alpha value is -5.17. The highest BCUT2D eigenvalue weighted by molar-refractivity contribution is 6.10. The van der Waals surface area contributed by atoms with E-state index in [4.69, 9.17) is 14.2 Å². The monoisotopic (exact) mass is 473 g/mol. The van der Waals surface area contributed by atoms with Gasteiger partial charge in [0.1, 0.15) is 28.9 Å². The Bertz CT molecular complexity index is 1340. The van der Waals surface area contributed by atoms with Gasteiger partial charge in [-0.2, -0.15) is 5.26 Å². The molecular weight excluding hydrogens is 454 g/mol. The van der Waals surface area contributed by atoms with E-state index in [1.807, 2.05) is 6.07 Å². The van der Waals surface area contributed by atoms with Crippen molar-refractivity contribution in [1.29, 1.82) is 5.26 Å². The second kappa shape index (κ2) is 11.1. The minimum absolute atomic E-state index is 0.0543. The van der Waals surface area contributed by atoms with E-state index in [-0.39, 0.29) is 34.0 Å². The number of nitriles is 1. The number of nitrogens with zero attached hydrogens (tertiary/aromatic N) is 2. The number of rotatable bonds is 8. The third-order valence-corrected chi connectivity index (χ3v) is 4.76. The van der Waals surface area contributed by atoms with Gasteiger partial charge in [0.25, 0.3) is 11.6 Å². The maximum atomic E-state index is 12.7. The van der Waals surface area contributed by atoms with Crippen LogP contribution < -0.4 is 19.5 Å². The Morgan fingerprint density at radius 1 is 1.00 bits per heavy atom. The summed E-state index contributed by atoms with van der Waals surface area (Å²) in [6.07, 6.45) is 1.27. The highest BCUT2D eigenvalue weighted by atomic mass is 16.6. The molecule has 0 spiro atoms. The first-order chi connectivity index (χ1) is 16.9. The highest BCUT2D eigenvalue weighted by Crippen LogP contribution is 2.30. The zero-order chi connectivity index (χ0) is 25.4. The van der Waals surface area contributed by atoms with Gasteiger partial charge in [0.05, 0.1) is 36.5 Å². The molecule has 10 nitrogen and oxygen atoms in total. The standard InChI is InChI=1S/C25H19N3O7/c1-33-20-10-7-16(8-11-20)25(30)35-22-6-4-3-5-17(22)13-18(15-26)24(29)27-21-12-9-19(28(31)32)14-23(21)34-2/h3-14H,1-2H3,(H,27,29)/b18-13+. The first-order valence-electron chi connectivity index (χ1n) is 10.1. The lowest BCUT2D eigenvalue weighted by molar-refractivity contribution is -0.384. The molecule has 0 heterocycles. The molecule has 0 unspecified atom stereocenters. The van der Waals surface area contributed by atoms with Crippen molar-refractivity contribution in [2.45, 2.75) is 0 Å². The molecule has 0 aromatic heterocycles. The van der Waals surface area contributed by atoms with Crippen molar-refractivity contribution in [2.24, 2.45) is 0 Å². The Kier molecular flexibility index (Phi) is 7.77. The number of anilines is 1. The molecule has 0 aliphatic carbocycles. The van der Waals surface area contributed by atoms with E-state index in [1.54, 1.807) is 42.5 Å². The van der Waals surface area contributed by atoms with Crippen LogP contribution in [-0.2, 0) is 4.79 Å². The Labute approximate surface area is 200 Å². The summed E-state index contributed by atoms with van der Waals surface area (Å²) in [4.78, 5) is 35.7. The van der Waals surface area contributed by atoms with Gasteiger partial charge in [-0.05, 0) is 42.5 Å². The van der Waals surface area contributed by atoms with Crippen LogP contribution in [0.4, 0.5) is 11.4 Å². The molecule has 3 rings (SSSR count). The molecular formula is C25H19N3O7. The number of nitro groups is 1. The largest absolute Gasteiger partial charge is 0.497 e. The molecule has 1 N–H and O–H groups in total. The third-order valence-electron chi connectivity index (χ3n) is 4.76. The van der Waals surface area contributed by atoms with E-state index >= 15 is 0 Å². The summed E-state index contributed by atoms with van der Waals surface area (Å²) in [5.74, 6) is -0.636. The molecule has 0 bridgehead atoms. The minimum atomic E-state index is -0.782. The predicted octanol–water partition coefficient (Wildman–Crippen LogP) is 4.38. The number of amides is 1. The maximum Gasteiger partial charge on any atom is 0.343 e. The Balaban J connectivity index is 1.84. The molecule has 0 saturated carbocycles. The number of hydrogen-bond acceptors (Lipinski definition) is 8. The van der Waals surface area contributed by atoms with Gasteiger partial charge in [0.15, 0.2) is 0 Å². The van der Waals surface area contributed by atoms with Crippen molar-refractivity contribution in [2.75, 3.05) is 19.5 Å². The average Bonchev–Trinajstić information content (AvgIpc) is 2.88. The molecule has 0 fully saturated rings. The summed E-state index contributed by atoms with van der Waals surface area (Å²) in [5, 5.41) is 23.0. The smallest absolute Gasteiger partial charge is 0.343 e. The molecule has 0 radical (unpaired) electrons. The predicted molar refractivity (Wildman–Crippen MR) is 126 cm³/mol. The number of carbonyl (C=O) groups excluding carboxylic acids is 2. The third kappa shape index (κ3) is 6.00. The summed E-state index contributed by atoms with van der Waals surface area (Å²) in [5.41, 5.74) is 0.232. The van der Waals surface area contributed by atoms with Gasteiger partial charge in [-0.3, -0.25) is 14.9 Å². The molecule has 0 saturated heterocycles. The Morgan fingerprint density at radius 3 is 2.34 bits per heavy atom.